The Bertz CT molecular complexity index is 1310. The number of benzene rings is 2. The Balaban J connectivity index is 1.10. The van der Waals surface area contributed by atoms with Gasteiger partial charge < -0.3 is 15.2 Å². The second-order valence-electron chi connectivity index (χ2n) is 9.36. The highest BCUT2D eigenvalue weighted by atomic mass is 16.5. The SMILES string of the molecule is O=C(NC1(CC(=O)N2CCn3ncc(C(=O)O)c32)CC1)OCC1c2ccccc2-c2ccccc21. The van der Waals surface area contributed by atoms with E-state index in [-0.39, 0.29) is 30.4 Å². The summed E-state index contributed by atoms with van der Waals surface area (Å²) in [5.74, 6) is -1.09. The predicted octanol–water partition coefficient (Wildman–Crippen LogP) is 3.39. The number of carboxylic acids is 1. The molecule has 3 aliphatic rings. The van der Waals surface area contributed by atoms with Crippen molar-refractivity contribution in [1.29, 1.82) is 0 Å². The molecule has 178 valence electrons. The number of aromatic nitrogens is 2. The molecule has 1 fully saturated rings. The Morgan fingerprint density at radius 2 is 1.69 bits per heavy atom. The highest BCUT2D eigenvalue weighted by molar-refractivity contribution is 6.02. The van der Waals surface area contributed by atoms with E-state index in [4.69, 9.17) is 4.74 Å². The fraction of sp³-hybridized carbons (Fsp3) is 0.308. The Labute approximate surface area is 201 Å². The van der Waals surface area contributed by atoms with Gasteiger partial charge >= 0.3 is 12.1 Å². The molecule has 1 aliphatic heterocycles. The predicted molar refractivity (Wildman–Crippen MR) is 126 cm³/mol. The van der Waals surface area contributed by atoms with E-state index in [9.17, 15) is 19.5 Å². The summed E-state index contributed by atoms with van der Waals surface area (Å²) < 4.78 is 7.18. The Hall–Kier alpha value is -4.14. The molecule has 2 aliphatic carbocycles. The highest BCUT2D eigenvalue weighted by Crippen LogP contribution is 2.45. The van der Waals surface area contributed by atoms with Crippen molar-refractivity contribution in [3.05, 3.63) is 71.4 Å². The van der Waals surface area contributed by atoms with Gasteiger partial charge in [0.05, 0.1) is 24.7 Å². The second kappa shape index (κ2) is 7.97. The number of rotatable bonds is 6. The summed E-state index contributed by atoms with van der Waals surface area (Å²) in [4.78, 5) is 38.7. The maximum atomic E-state index is 13.1. The van der Waals surface area contributed by atoms with Gasteiger partial charge in [-0.05, 0) is 35.1 Å². The Morgan fingerprint density at radius 1 is 1.03 bits per heavy atom. The van der Waals surface area contributed by atoms with Crippen LogP contribution < -0.4 is 10.2 Å². The number of amides is 2. The summed E-state index contributed by atoms with van der Waals surface area (Å²) in [6, 6.07) is 16.3. The van der Waals surface area contributed by atoms with Crippen LogP contribution in [0.4, 0.5) is 10.6 Å². The lowest BCUT2D eigenvalue weighted by atomic mass is 9.98. The number of anilines is 1. The van der Waals surface area contributed by atoms with Gasteiger partial charge in [0, 0.05) is 12.5 Å². The third kappa shape index (κ3) is 3.63. The maximum absolute atomic E-state index is 13.1. The average molecular weight is 473 g/mol. The lowest BCUT2D eigenvalue weighted by molar-refractivity contribution is -0.119. The van der Waals surface area contributed by atoms with Crippen LogP contribution in [0, 0.1) is 0 Å². The van der Waals surface area contributed by atoms with Crippen LogP contribution in [0.3, 0.4) is 0 Å². The smallest absolute Gasteiger partial charge is 0.407 e. The van der Waals surface area contributed by atoms with Crippen molar-refractivity contribution in [2.24, 2.45) is 0 Å². The summed E-state index contributed by atoms with van der Waals surface area (Å²) in [6.07, 6.45) is 2.14. The molecule has 9 heteroatoms. The summed E-state index contributed by atoms with van der Waals surface area (Å²) >= 11 is 0. The molecular weight excluding hydrogens is 448 g/mol. The molecule has 0 spiro atoms. The number of carbonyl (C=O) groups excluding carboxylic acids is 2. The lowest BCUT2D eigenvalue weighted by Crippen LogP contribution is -2.43. The van der Waals surface area contributed by atoms with Gasteiger partial charge in [0.1, 0.15) is 18.0 Å². The molecule has 0 atom stereocenters. The Morgan fingerprint density at radius 3 is 2.31 bits per heavy atom. The van der Waals surface area contributed by atoms with E-state index >= 15 is 0 Å². The zero-order chi connectivity index (χ0) is 24.2. The van der Waals surface area contributed by atoms with Gasteiger partial charge in [0.15, 0.2) is 0 Å². The van der Waals surface area contributed by atoms with E-state index in [0.29, 0.717) is 31.7 Å². The molecule has 0 radical (unpaired) electrons. The molecular formula is C26H24N4O5. The molecule has 0 saturated heterocycles. The van der Waals surface area contributed by atoms with E-state index in [0.717, 1.165) is 22.3 Å². The summed E-state index contributed by atoms with van der Waals surface area (Å²) in [5.41, 5.74) is 3.94. The van der Waals surface area contributed by atoms with Crippen LogP contribution in [0.5, 0.6) is 0 Å². The lowest BCUT2D eigenvalue weighted by Gasteiger charge is -2.22. The van der Waals surface area contributed by atoms with Gasteiger partial charge in [-0.25, -0.2) is 14.3 Å². The van der Waals surface area contributed by atoms with Gasteiger partial charge in [0.2, 0.25) is 5.91 Å². The van der Waals surface area contributed by atoms with Gasteiger partial charge in [0.25, 0.3) is 0 Å². The molecule has 2 heterocycles. The average Bonchev–Trinajstić information content (AvgIpc) is 3.19. The quantitative estimate of drug-likeness (QED) is 0.569. The third-order valence-electron chi connectivity index (χ3n) is 7.19. The zero-order valence-corrected chi connectivity index (χ0v) is 18.9. The minimum absolute atomic E-state index is 0.00481. The van der Waals surface area contributed by atoms with Crippen molar-refractivity contribution >= 4 is 23.8 Å². The molecule has 6 rings (SSSR count). The van der Waals surface area contributed by atoms with E-state index < -0.39 is 17.6 Å². The van der Waals surface area contributed by atoms with Crippen molar-refractivity contribution in [2.75, 3.05) is 18.1 Å². The standard InChI is InChI=1S/C26H24N4O5/c31-22(29-11-12-30-23(29)20(14-27-30)24(32)33)13-26(9-10-26)28-25(34)35-15-21-18-7-3-1-5-16(18)17-6-2-4-8-19(17)21/h1-8,14,21H,9-13,15H2,(H,28,34)(H,32,33). The van der Waals surface area contributed by atoms with Crippen molar-refractivity contribution in [3.63, 3.8) is 0 Å². The van der Waals surface area contributed by atoms with Crippen LogP contribution in [0.1, 0.15) is 46.7 Å². The number of ether oxygens (including phenoxy) is 1. The number of hydrogen-bond donors (Lipinski definition) is 2. The molecule has 9 nitrogen and oxygen atoms in total. The summed E-state index contributed by atoms with van der Waals surface area (Å²) in [7, 11) is 0. The van der Waals surface area contributed by atoms with Crippen molar-refractivity contribution < 1.29 is 24.2 Å². The first-order valence-electron chi connectivity index (χ1n) is 11.7. The largest absolute Gasteiger partial charge is 0.477 e. The maximum Gasteiger partial charge on any atom is 0.407 e. The van der Waals surface area contributed by atoms with Crippen LogP contribution in [-0.2, 0) is 16.1 Å². The van der Waals surface area contributed by atoms with Crippen molar-refractivity contribution in [3.8, 4) is 11.1 Å². The molecule has 0 bridgehead atoms. The van der Waals surface area contributed by atoms with Crippen LogP contribution in [0.2, 0.25) is 0 Å². The number of fused-ring (bicyclic) bond motifs is 4. The number of alkyl carbamates (subject to hydrolysis) is 1. The topological polar surface area (TPSA) is 114 Å². The number of nitrogens with one attached hydrogen (secondary N) is 1. The van der Waals surface area contributed by atoms with Crippen LogP contribution in [0.15, 0.2) is 54.7 Å². The number of carboxylic acid groups (broad SMARTS) is 1. The Kier molecular flexibility index (Phi) is 4.87. The first-order chi connectivity index (χ1) is 17.0. The first-order valence-corrected chi connectivity index (χ1v) is 11.7. The van der Waals surface area contributed by atoms with Gasteiger partial charge in [-0.1, -0.05) is 48.5 Å². The van der Waals surface area contributed by atoms with Crippen molar-refractivity contribution in [1.82, 2.24) is 15.1 Å². The fourth-order valence-corrected chi connectivity index (χ4v) is 5.25. The van der Waals surface area contributed by atoms with Gasteiger partial charge in [-0.15, -0.1) is 0 Å². The van der Waals surface area contributed by atoms with E-state index in [1.807, 2.05) is 24.3 Å². The molecule has 1 aromatic heterocycles. The van der Waals surface area contributed by atoms with E-state index in [2.05, 4.69) is 34.7 Å². The first kappa shape index (κ1) is 21.4. The molecule has 3 aromatic rings. The van der Waals surface area contributed by atoms with Crippen LogP contribution in [0.25, 0.3) is 11.1 Å². The fourth-order valence-electron chi connectivity index (χ4n) is 5.25. The van der Waals surface area contributed by atoms with E-state index in [1.54, 1.807) is 0 Å². The van der Waals surface area contributed by atoms with Crippen LogP contribution in [-0.4, -0.2) is 51.5 Å². The molecule has 2 N–H and O–H groups in total. The molecule has 1 saturated carbocycles. The molecule has 0 unspecified atom stereocenters. The summed E-state index contributed by atoms with van der Waals surface area (Å²) in [6.45, 7) is 1.02. The van der Waals surface area contributed by atoms with E-state index in [1.165, 1.54) is 15.8 Å². The monoisotopic (exact) mass is 472 g/mol. The minimum atomic E-state index is -1.12. The number of aromatic carboxylic acids is 1. The zero-order valence-electron chi connectivity index (χ0n) is 18.9. The van der Waals surface area contributed by atoms with Gasteiger partial charge in [-0.2, -0.15) is 5.10 Å². The third-order valence-corrected chi connectivity index (χ3v) is 7.19. The van der Waals surface area contributed by atoms with Crippen molar-refractivity contribution in [2.45, 2.75) is 37.3 Å². The minimum Gasteiger partial charge on any atom is -0.477 e. The highest BCUT2D eigenvalue weighted by Gasteiger charge is 2.48. The molecule has 2 amide bonds. The summed E-state index contributed by atoms with van der Waals surface area (Å²) in [5, 5.41) is 16.4. The normalized spacial score (nSPS) is 16.9. The van der Waals surface area contributed by atoms with Gasteiger partial charge in [-0.3, -0.25) is 9.69 Å². The van der Waals surface area contributed by atoms with Crippen LogP contribution >= 0.6 is 0 Å². The number of hydrogen-bond acceptors (Lipinski definition) is 5. The second-order valence-corrected chi connectivity index (χ2v) is 9.36. The molecule has 2 aromatic carbocycles. The number of nitrogens with zero attached hydrogens (tertiary/aromatic N) is 3. The number of carbonyl (C=O) groups is 3. The molecule has 35 heavy (non-hydrogen) atoms.